The van der Waals surface area contributed by atoms with Gasteiger partial charge in [-0.2, -0.15) is 5.10 Å². The maximum Gasteiger partial charge on any atom is 0.212 e. The number of rotatable bonds is 4. The van der Waals surface area contributed by atoms with Crippen LogP contribution in [0.15, 0.2) is 30.3 Å². The van der Waals surface area contributed by atoms with E-state index in [2.05, 4.69) is 52.2 Å². The van der Waals surface area contributed by atoms with Crippen LogP contribution in [0.5, 0.6) is 0 Å². The van der Waals surface area contributed by atoms with Gasteiger partial charge in [0.2, 0.25) is 4.96 Å². The molecule has 1 saturated heterocycles. The maximum atomic E-state index is 4.66. The van der Waals surface area contributed by atoms with Crippen LogP contribution >= 0.6 is 11.3 Å². The standard InChI is InChI=1S/C18H22N4S/c1-13-17(22-18(19-13)23-14(2)20-22)12-21-9-8-16(11-21)10-15-6-4-3-5-7-15/h3-7,16H,8-12H2,1-2H3. The highest BCUT2D eigenvalue weighted by molar-refractivity contribution is 7.16. The first-order valence-electron chi connectivity index (χ1n) is 8.27. The van der Waals surface area contributed by atoms with Crippen LogP contribution in [0.3, 0.4) is 0 Å². The second kappa shape index (κ2) is 6.06. The van der Waals surface area contributed by atoms with Crippen molar-refractivity contribution in [2.24, 2.45) is 5.92 Å². The van der Waals surface area contributed by atoms with Gasteiger partial charge in [-0.3, -0.25) is 4.90 Å². The van der Waals surface area contributed by atoms with E-state index in [4.69, 9.17) is 0 Å². The van der Waals surface area contributed by atoms with Gasteiger partial charge in [0.15, 0.2) is 0 Å². The SMILES string of the molecule is Cc1nn2c(CN3CCC(Cc4ccccc4)C3)c(C)nc2s1. The molecule has 4 nitrogen and oxygen atoms in total. The number of likely N-dealkylation sites (tertiary alicyclic amines) is 1. The molecule has 1 unspecified atom stereocenters. The Bertz CT molecular complexity index is 805. The molecule has 1 aromatic carbocycles. The molecule has 0 saturated carbocycles. The van der Waals surface area contributed by atoms with Crippen LogP contribution in [-0.2, 0) is 13.0 Å². The number of aromatic nitrogens is 3. The van der Waals surface area contributed by atoms with Crippen LogP contribution in [0.2, 0.25) is 0 Å². The van der Waals surface area contributed by atoms with Gasteiger partial charge in [0.25, 0.3) is 0 Å². The lowest BCUT2D eigenvalue weighted by atomic mass is 9.99. The lowest BCUT2D eigenvalue weighted by Gasteiger charge is -2.16. The van der Waals surface area contributed by atoms with Gasteiger partial charge in [-0.1, -0.05) is 41.7 Å². The van der Waals surface area contributed by atoms with E-state index in [-0.39, 0.29) is 0 Å². The topological polar surface area (TPSA) is 33.4 Å². The largest absolute Gasteiger partial charge is 0.297 e. The van der Waals surface area contributed by atoms with Crippen molar-refractivity contribution in [3.63, 3.8) is 0 Å². The number of aryl methyl sites for hydroxylation is 2. The summed E-state index contributed by atoms with van der Waals surface area (Å²) in [4.78, 5) is 8.23. The van der Waals surface area contributed by atoms with Gasteiger partial charge in [-0.15, -0.1) is 0 Å². The molecule has 0 N–H and O–H groups in total. The quantitative estimate of drug-likeness (QED) is 0.736. The number of benzene rings is 1. The molecule has 4 rings (SSSR count). The molecule has 3 aromatic rings. The lowest BCUT2D eigenvalue weighted by molar-refractivity contribution is 0.309. The molecule has 1 fully saturated rings. The Hall–Kier alpha value is -1.72. The molecule has 1 aliphatic rings. The first-order valence-corrected chi connectivity index (χ1v) is 9.08. The van der Waals surface area contributed by atoms with Gasteiger partial charge in [0.05, 0.1) is 11.4 Å². The minimum Gasteiger partial charge on any atom is -0.297 e. The zero-order valence-corrected chi connectivity index (χ0v) is 14.5. The van der Waals surface area contributed by atoms with Gasteiger partial charge >= 0.3 is 0 Å². The van der Waals surface area contributed by atoms with Crippen LogP contribution in [0.25, 0.3) is 4.96 Å². The fourth-order valence-electron chi connectivity index (χ4n) is 3.55. The van der Waals surface area contributed by atoms with Crippen LogP contribution < -0.4 is 0 Å². The maximum absolute atomic E-state index is 4.66. The summed E-state index contributed by atoms with van der Waals surface area (Å²) < 4.78 is 2.04. The van der Waals surface area contributed by atoms with E-state index in [1.807, 2.05) is 11.4 Å². The Morgan fingerprint density at radius 3 is 2.87 bits per heavy atom. The molecule has 5 heteroatoms. The zero-order valence-electron chi connectivity index (χ0n) is 13.7. The normalized spacial score (nSPS) is 19.0. The first-order chi connectivity index (χ1) is 11.2. The van der Waals surface area contributed by atoms with Gasteiger partial charge < -0.3 is 0 Å². The van der Waals surface area contributed by atoms with Crippen LogP contribution in [0.4, 0.5) is 0 Å². The van der Waals surface area contributed by atoms with E-state index in [0.717, 1.165) is 28.1 Å². The Morgan fingerprint density at radius 1 is 1.22 bits per heavy atom. The average molecular weight is 326 g/mol. The van der Waals surface area contributed by atoms with Crippen molar-refractivity contribution in [1.29, 1.82) is 0 Å². The second-order valence-electron chi connectivity index (χ2n) is 6.54. The van der Waals surface area contributed by atoms with Crippen LogP contribution in [0, 0.1) is 19.8 Å². The van der Waals surface area contributed by atoms with Gasteiger partial charge in [0.1, 0.15) is 5.01 Å². The molecule has 120 valence electrons. The highest BCUT2D eigenvalue weighted by Crippen LogP contribution is 2.24. The summed E-state index contributed by atoms with van der Waals surface area (Å²) in [7, 11) is 0. The highest BCUT2D eigenvalue weighted by Gasteiger charge is 2.24. The summed E-state index contributed by atoms with van der Waals surface area (Å²) in [5.74, 6) is 0.762. The number of nitrogens with zero attached hydrogens (tertiary/aromatic N) is 4. The third-order valence-electron chi connectivity index (χ3n) is 4.71. The van der Waals surface area contributed by atoms with Crippen molar-refractivity contribution in [2.75, 3.05) is 13.1 Å². The third kappa shape index (κ3) is 3.03. The van der Waals surface area contributed by atoms with E-state index in [0.29, 0.717) is 0 Å². The molecule has 23 heavy (non-hydrogen) atoms. The van der Waals surface area contributed by atoms with Gasteiger partial charge in [0, 0.05) is 13.1 Å². The van der Waals surface area contributed by atoms with Crippen molar-refractivity contribution in [2.45, 2.75) is 33.2 Å². The summed E-state index contributed by atoms with van der Waals surface area (Å²) in [6.07, 6.45) is 2.47. The van der Waals surface area contributed by atoms with E-state index in [9.17, 15) is 0 Å². The summed E-state index contributed by atoms with van der Waals surface area (Å²) in [6, 6.07) is 10.8. The summed E-state index contributed by atoms with van der Waals surface area (Å²) >= 11 is 1.67. The summed E-state index contributed by atoms with van der Waals surface area (Å²) in [6.45, 7) is 7.45. The Morgan fingerprint density at radius 2 is 2.04 bits per heavy atom. The smallest absolute Gasteiger partial charge is 0.212 e. The first kappa shape index (κ1) is 14.8. The summed E-state index contributed by atoms with van der Waals surface area (Å²) in [5.41, 5.74) is 3.83. The molecule has 0 radical (unpaired) electrons. The molecule has 3 heterocycles. The number of hydrogen-bond acceptors (Lipinski definition) is 4. The van der Waals surface area contributed by atoms with Gasteiger partial charge in [-0.25, -0.2) is 9.50 Å². The second-order valence-corrected chi connectivity index (χ2v) is 7.70. The fraction of sp³-hybridized carbons (Fsp3) is 0.444. The minimum absolute atomic E-state index is 0.762. The molecule has 0 amide bonds. The molecule has 1 aliphatic heterocycles. The molecule has 0 aliphatic carbocycles. The van der Waals surface area contributed by atoms with E-state index in [1.165, 1.54) is 37.2 Å². The zero-order chi connectivity index (χ0) is 15.8. The predicted octanol–water partition coefficient (Wildman–Crippen LogP) is 3.47. The number of fused-ring (bicyclic) bond motifs is 1. The number of imidazole rings is 1. The molecule has 0 spiro atoms. The Labute approximate surface area is 140 Å². The van der Waals surface area contributed by atoms with E-state index in [1.54, 1.807) is 11.3 Å². The molecular weight excluding hydrogens is 304 g/mol. The third-order valence-corrected chi connectivity index (χ3v) is 5.53. The fourth-order valence-corrected chi connectivity index (χ4v) is 4.36. The van der Waals surface area contributed by atoms with Crippen molar-refractivity contribution in [1.82, 2.24) is 19.5 Å². The lowest BCUT2D eigenvalue weighted by Crippen LogP contribution is -2.22. The molecule has 2 aromatic heterocycles. The molecular formula is C18H22N4S. The van der Waals surface area contributed by atoms with Crippen molar-refractivity contribution in [3.8, 4) is 0 Å². The predicted molar refractivity (Wildman–Crippen MR) is 93.9 cm³/mol. The summed E-state index contributed by atoms with van der Waals surface area (Å²) in [5, 5.41) is 5.69. The van der Waals surface area contributed by atoms with Crippen molar-refractivity contribution in [3.05, 3.63) is 52.3 Å². The number of hydrogen-bond donors (Lipinski definition) is 0. The molecule has 0 bridgehead atoms. The average Bonchev–Trinajstić information content (AvgIpc) is 3.18. The Balaban J connectivity index is 1.44. The van der Waals surface area contributed by atoms with Gasteiger partial charge in [-0.05, 0) is 44.7 Å². The van der Waals surface area contributed by atoms with E-state index >= 15 is 0 Å². The monoisotopic (exact) mass is 326 g/mol. The molecule has 1 atom stereocenters. The van der Waals surface area contributed by atoms with Crippen LogP contribution in [-0.4, -0.2) is 32.6 Å². The Kier molecular flexibility index (Phi) is 3.91. The highest BCUT2D eigenvalue weighted by atomic mass is 32.1. The van der Waals surface area contributed by atoms with E-state index < -0.39 is 0 Å². The minimum atomic E-state index is 0.762. The van der Waals surface area contributed by atoms with Crippen molar-refractivity contribution >= 4 is 16.3 Å². The van der Waals surface area contributed by atoms with Crippen LogP contribution in [0.1, 0.15) is 28.4 Å². The van der Waals surface area contributed by atoms with Crippen molar-refractivity contribution < 1.29 is 0 Å².